The summed E-state index contributed by atoms with van der Waals surface area (Å²) in [6.45, 7) is 3.90. The Labute approximate surface area is 106 Å². The molecule has 0 aliphatic heterocycles. The molecule has 0 unspecified atom stereocenters. The van der Waals surface area contributed by atoms with E-state index in [9.17, 15) is 4.79 Å². The first kappa shape index (κ1) is 12.6. The highest BCUT2D eigenvalue weighted by molar-refractivity contribution is 5.96. The van der Waals surface area contributed by atoms with E-state index in [1.807, 2.05) is 32.0 Å². The lowest BCUT2D eigenvalue weighted by Gasteiger charge is -2.10. The van der Waals surface area contributed by atoms with Gasteiger partial charge in [-0.25, -0.2) is 4.98 Å². The first-order valence-electron chi connectivity index (χ1n) is 6.13. The standard InChI is InChI=1S/C13H18N4O/c1-3-4-10(14)13(18)17-9-5-6-11-12(7-9)16-8(2)15-11/h5-7,10H,3-4,14H2,1-2H3,(H,15,16)(H,17,18)/t10-/m1/s1. The second kappa shape index (κ2) is 5.18. The van der Waals surface area contributed by atoms with Crippen LogP contribution in [0.5, 0.6) is 0 Å². The molecule has 0 fully saturated rings. The van der Waals surface area contributed by atoms with Crippen LogP contribution in [0.25, 0.3) is 11.0 Å². The van der Waals surface area contributed by atoms with Crippen molar-refractivity contribution in [1.82, 2.24) is 9.97 Å². The molecule has 1 amide bonds. The van der Waals surface area contributed by atoms with E-state index in [1.54, 1.807) is 0 Å². The number of nitrogens with two attached hydrogens (primary N) is 1. The molecule has 0 radical (unpaired) electrons. The summed E-state index contributed by atoms with van der Waals surface area (Å²) in [5, 5.41) is 2.82. The van der Waals surface area contributed by atoms with Crippen LogP contribution in [-0.4, -0.2) is 21.9 Å². The number of hydrogen-bond acceptors (Lipinski definition) is 3. The predicted octanol–water partition coefficient (Wildman–Crippen LogP) is 1.94. The number of aryl methyl sites for hydroxylation is 1. The summed E-state index contributed by atoms with van der Waals surface area (Å²) in [5.74, 6) is 0.712. The number of nitrogens with one attached hydrogen (secondary N) is 2. The van der Waals surface area contributed by atoms with Crippen LogP contribution in [0.2, 0.25) is 0 Å². The molecule has 1 aromatic heterocycles. The molecule has 0 bridgehead atoms. The number of nitrogens with zero attached hydrogens (tertiary/aromatic N) is 1. The Morgan fingerprint density at radius 1 is 1.56 bits per heavy atom. The van der Waals surface area contributed by atoms with Gasteiger partial charge < -0.3 is 16.0 Å². The van der Waals surface area contributed by atoms with Crippen LogP contribution < -0.4 is 11.1 Å². The summed E-state index contributed by atoms with van der Waals surface area (Å²) in [6, 6.07) is 5.12. The van der Waals surface area contributed by atoms with Crippen molar-refractivity contribution in [3.8, 4) is 0 Å². The van der Waals surface area contributed by atoms with Gasteiger partial charge in [-0.3, -0.25) is 4.79 Å². The summed E-state index contributed by atoms with van der Waals surface area (Å²) in [7, 11) is 0. The van der Waals surface area contributed by atoms with Gasteiger partial charge in [0, 0.05) is 5.69 Å². The van der Waals surface area contributed by atoms with Crippen molar-refractivity contribution in [2.75, 3.05) is 5.32 Å². The fourth-order valence-corrected chi connectivity index (χ4v) is 1.89. The summed E-state index contributed by atoms with van der Waals surface area (Å²) in [6.07, 6.45) is 1.59. The van der Waals surface area contributed by atoms with E-state index < -0.39 is 6.04 Å². The number of anilines is 1. The summed E-state index contributed by atoms with van der Waals surface area (Å²) in [4.78, 5) is 19.2. The minimum atomic E-state index is -0.450. The molecule has 5 heteroatoms. The van der Waals surface area contributed by atoms with E-state index in [-0.39, 0.29) is 5.91 Å². The van der Waals surface area contributed by atoms with Gasteiger partial charge >= 0.3 is 0 Å². The molecule has 96 valence electrons. The zero-order valence-electron chi connectivity index (χ0n) is 10.7. The quantitative estimate of drug-likeness (QED) is 0.770. The fourth-order valence-electron chi connectivity index (χ4n) is 1.89. The molecular formula is C13H18N4O. The SMILES string of the molecule is CCC[C@@H](N)C(=O)Nc1ccc2nc(C)[nH]c2c1. The number of imidazole rings is 1. The van der Waals surface area contributed by atoms with Crippen LogP contribution in [0.1, 0.15) is 25.6 Å². The fraction of sp³-hybridized carbons (Fsp3) is 0.385. The Balaban J connectivity index is 2.14. The van der Waals surface area contributed by atoms with Gasteiger partial charge in [0.2, 0.25) is 5.91 Å². The highest BCUT2D eigenvalue weighted by atomic mass is 16.2. The first-order valence-corrected chi connectivity index (χ1v) is 6.13. The number of amides is 1. The van der Waals surface area contributed by atoms with E-state index in [0.29, 0.717) is 6.42 Å². The largest absolute Gasteiger partial charge is 0.342 e. The Morgan fingerprint density at radius 2 is 2.33 bits per heavy atom. The van der Waals surface area contributed by atoms with Gasteiger partial charge in [0.1, 0.15) is 5.82 Å². The Bertz CT molecular complexity index is 561. The molecular weight excluding hydrogens is 228 g/mol. The van der Waals surface area contributed by atoms with Gasteiger partial charge in [-0.05, 0) is 31.5 Å². The van der Waals surface area contributed by atoms with Crippen molar-refractivity contribution in [2.45, 2.75) is 32.7 Å². The van der Waals surface area contributed by atoms with Crippen molar-refractivity contribution >= 4 is 22.6 Å². The molecule has 18 heavy (non-hydrogen) atoms. The minimum Gasteiger partial charge on any atom is -0.342 e. The maximum absolute atomic E-state index is 11.8. The molecule has 4 N–H and O–H groups in total. The van der Waals surface area contributed by atoms with Crippen molar-refractivity contribution in [3.63, 3.8) is 0 Å². The third-order valence-electron chi connectivity index (χ3n) is 2.80. The summed E-state index contributed by atoms with van der Waals surface area (Å²) < 4.78 is 0. The highest BCUT2D eigenvalue weighted by Gasteiger charge is 2.12. The van der Waals surface area contributed by atoms with Gasteiger partial charge in [-0.15, -0.1) is 0 Å². The van der Waals surface area contributed by atoms with Gasteiger partial charge in [0.05, 0.1) is 17.1 Å². The molecule has 1 atom stereocenters. The van der Waals surface area contributed by atoms with Crippen molar-refractivity contribution in [3.05, 3.63) is 24.0 Å². The number of aromatic nitrogens is 2. The lowest BCUT2D eigenvalue weighted by atomic mass is 10.1. The molecule has 1 heterocycles. The Morgan fingerprint density at radius 3 is 3.06 bits per heavy atom. The van der Waals surface area contributed by atoms with E-state index in [0.717, 1.165) is 29.0 Å². The van der Waals surface area contributed by atoms with Gasteiger partial charge in [-0.1, -0.05) is 13.3 Å². The molecule has 0 saturated heterocycles. The Kier molecular flexibility index (Phi) is 3.62. The van der Waals surface area contributed by atoms with Gasteiger partial charge in [-0.2, -0.15) is 0 Å². The van der Waals surface area contributed by atoms with Gasteiger partial charge in [0.15, 0.2) is 0 Å². The zero-order valence-corrected chi connectivity index (χ0v) is 10.7. The number of hydrogen-bond donors (Lipinski definition) is 3. The minimum absolute atomic E-state index is 0.146. The number of benzene rings is 1. The average Bonchev–Trinajstić information content (AvgIpc) is 2.68. The maximum atomic E-state index is 11.8. The molecule has 0 aliphatic carbocycles. The highest BCUT2D eigenvalue weighted by Crippen LogP contribution is 2.17. The zero-order chi connectivity index (χ0) is 13.1. The van der Waals surface area contributed by atoms with E-state index >= 15 is 0 Å². The smallest absolute Gasteiger partial charge is 0.241 e. The topological polar surface area (TPSA) is 83.8 Å². The van der Waals surface area contributed by atoms with E-state index in [4.69, 9.17) is 5.73 Å². The molecule has 0 saturated carbocycles. The maximum Gasteiger partial charge on any atom is 0.241 e. The van der Waals surface area contributed by atoms with Crippen LogP contribution in [-0.2, 0) is 4.79 Å². The first-order chi connectivity index (χ1) is 8.60. The molecule has 0 aliphatic rings. The lowest BCUT2D eigenvalue weighted by molar-refractivity contribution is -0.117. The number of fused-ring (bicyclic) bond motifs is 1. The monoisotopic (exact) mass is 246 g/mol. The summed E-state index contributed by atoms with van der Waals surface area (Å²) >= 11 is 0. The van der Waals surface area contributed by atoms with Crippen molar-refractivity contribution in [2.24, 2.45) is 5.73 Å². The van der Waals surface area contributed by atoms with Crippen LogP contribution in [0, 0.1) is 6.92 Å². The molecule has 5 nitrogen and oxygen atoms in total. The van der Waals surface area contributed by atoms with E-state index in [1.165, 1.54) is 0 Å². The molecule has 2 rings (SSSR count). The van der Waals surface area contributed by atoms with Crippen molar-refractivity contribution < 1.29 is 4.79 Å². The Hall–Kier alpha value is -1.88. The van der Waals surface area contributed by atoms with Crippen molar-refractivity contribution in [1.29, 1.82) is 0 Å². The van der Waals surface area contributed by atoms with Crippen LogP contribution in [0.15, 0.2) is 18.2 Å². The number of carbonyl (C=O) groups is 1. The normalized spacial score (nSPS) is 12.6. The molecule has 2 aromatic rings. The van der Waals surface area contributed by atoms with Crippen LogP contribution in [0.4, 0.5) is 5.69 Å². The number of aromatic amines is 1. The number of rotatable bonds is 4. The number of H-pyrrole nitrogens is 1. The summed E-state index contributed by atoms with van der Waals surface area (Å²) in [5.41, 5.74) is 8.30. The van der Waals surface area contributed by atoms with Gasteiger partial charge in [0.25, 0.3) is 0 Å². The third kappa shape index (κ3) is 2.68. The average molecular weight is 246 g/mol. The van der Waals surface area contributed by atoms with Crippen LogP contribution >= 0.6 is 0 Å². The third-order valence-corrected chi connectivity index (χ3v) is 2.80. The number of carbonyl (C=O) groups excluding carboxylic acids is 1. The second-order valence-electron chi connectivity index (χ2n) is 4.44. The lowest BCUT2D eigenvalue weighted by Crippen LogP contribution is -2.35. The second-order valence-corrected chi connectivity index (χ2v) is 4.44. The molecule has 1 aromatic carbocycles. The molecule has 0 spiro atoms. The van der Waals surface area contributed by atoms with E-state index in [2.05, 4.69) is 15.3 Å². The predicted molar refractivity (Wildman–Crippen MR) is 72.3 cm³/mol. The van der Waals surface area contributed by atoms with Crippen LogP contribution in [0.3, 0.4) is 0 Å².